The number of rotatable bonds is 8. The third-order valence-electron chi connectivity index (χ3n) is 4.88. The van der Waals surface area contributed by atoms with E-state index in [0.717, 1.165) is 18.4 Å². The zero-order valence-electron chi connectivity index (χ0n) is 16.9. The average molecular weight is 436 g/mol. The molecule has 1 amide bonds. The van der Waals surface area contributed by atoms with Crippen LogP contribution in [0.1, 0.15) is 38.2 Å². The molecule has 1 aliphatic heterocycles. The van der Waals surface area contributed by atoms with Crippen molar-refractivity contribution >= 4 is 15.9 Å². The summed E-state index contributed by atoms with van der Waals surface area (Å²) in [5.41, 5.74) is 0.758. The molecule has 1 aromatic carbocycles. The highest BCUT2D eigenvalue weighted by Crippen LogP contribution is 2.22. The number of sulfonamides is 1. The first kappa shape index (κ1) is 22.2. The number of aromatic nitrogens is 1. The maximum atomic E-state index is 12.9. The van der Waals surface area contributed by atoms with E-state index in [1.165, 1.54) is 28.6 Å². The van der Waals surface area contributed by atoms with E-state index in [0.29, 0.717) is 31.0 Å². The number of hydrogen-bond acceptors (Lipinski definition) is 5. The number of carbonyl (C=O) groups excluding carboxylic acids is 1. The third kappa shape index (κ3) is 5.76. The number of amides is 1. The topological polar surface area (TPSA) is 88.6 Å². The summed E-state index contributed by atoms with van der Waals surface area (Å²) in [5.74, 6) is 0.230. The molecular weight excluding hydrogens is 409 g/mol. The van der Waals surface area contributed by atoms with Crippen LogP contribution < -0.4 is 10.1 Å². The van der Waals surface area contributed by atoms with Gasteiger partial charge in [0, 0.05) is 25.4 Å². The minimum atomic E-state index is -3.43. The molecule has 9 heteroatoms. The predicted molar refractivity (Wildman–Crippen MR) is 111 cm³/mol. The number of ether oxygens (including phenoxy) is 1. The van der Waals surface area contributed by atoms with Crippen LogP contribution in [0.5, 0.6) is 11.6 Å². The fourth-order valence-electron chi connectivity index (χ4n) is 3.38. The van der Waals surface area contributed by atoms with Crippen LogP contribution in [0.4, 0.5) is 4.39 Å². The second-order valence-corrected chi connectivity index (χ2v) is 9.26. The highest BCUT2D eigenvalue weighted by atomic mass is 32.2. The Hall–Kier alpha value is -2.52. The van der Waals surface area contributed by atoms with Crippen molar-refractivity contribution in [2.45, 2.75) is 45.2 Å². The van der Waals surface area contributed by atoms with Crippen molar-refractivity contribution in [3.63, 3.8) is 0 Å². The third-order valence-corrected chi connectivity index (χ3v) is 6.95. The lowest BCUT2D eigenvalue weighted by Gasteiger charge is -2.33. The van der Waals surface area contributed by atoms with Gasteiger partial charge in [-0.05, 0) is 49.1 Å². The molecule has 1 fully saturated rings. The fraction of sp³-hybridized carbons (Fsp3) is 0.429. The Labute approximate surface area is 176 Å². The van der Waals surface area contributed by atoms with Gasteiger partial charge in [-0.1, -0.05) is 19.4 Å². The van der Waals surface area contributed by atoms with Crippen molar-refractivity contribution in [3.8, 4) is 11.6 Å². The molecule has 7 nitrogen and oxygen atoms in total. The first-order chi connectivity index (χ1) is 14.4. The van der Waals surface area contributed by atoms with E-state index in [-0.39, 0.29) is 24.0 Å². The largest absolute Gasteiger partial charge is 0.439 e. The summed E-state index contributed by atoms with van der Waals surface area (Å²) in [7, 11) is -3.43. The normalized spacial score (nSPS) is 17.5. The number of nitrogens with zero attached hydrogens (tertiary/aromatic N) is 2. The van der Waals surface area contributed by atoms with E-state index in [4.69, 9.17) is 4.74 Å². The van der Waals surface area contributed by atoms with Gasteiger partial charge in [-0.2, -0.15) is 4.31 Å². The molecule has 0 bridgehead atoms. The maximum Gasteiger partial charge on any atom is 0.238 e. The van der Waals surface area contributed by atoms with Gasteiger partial charge in [0.25, 0.3) is 0 Å². The lowest BCUT2D eigenvalue weighted by atomic mass is 10.0. The van der Waals surface area contributed by atoms with Gasteiger partial charge < -0.3 is 10.1 Å². The van der Waals surface area contributed by atoms with Crippen LogP contribution in [0.3, 0.4) is 0 Å². The van der Waals surface area contributed by atoms with Gasteiger partial charge in [-0.3, -0.25) is 4.79 Å². The lowest BCUT2D eigenvalue weighted by Crippen LogP contribution is -2.52. The molecule has 1 unspecified atom stereocenters. The number of hydrogen-bond donors (Lipinski definition) is 1. The van der Waals surface area contributed by atoms with Crippen molar-refractivity contribution < 1.29 is 22.3 Å². The second-order valence-electron chi connectivity index (χ2n) is 7.22. The van der Waals surface area contributed by atoms with Crippen molar-refractivity contribution in [3.05, 3.63) is 54.0 Å². The minimum Gasteiger partial charge on any atom is -0.439 e. The summed E-state index contributed by atoms with van der Waals surface area (Å²) in [6, 6.07) is 8.37. The SMILES string of the molecule is CCCS(=O)(=O)N1CCCCC1C(=O)NCc1ccc(Oc2ccc(F)cc2)nc1. The molecule has 2 heterocycles. The van der Waals surface area contributed by atoms with Crippen LogP contribution >= 0.6 is 0 Å². The lowest BCUT2D eigenvalue weighted by molar-refractivity contribution is -0.125. The molecule has 0 saturated carbocycles. The molecule has 1 atom stereocenters. The minimum absolute atomic E-state index is 0.0518. The Morgan fingerprint density at radius 2 is 2.00 bits per heavy atom. The van der Waals surface area contributed by atoms with Gasteiger partial charge in [0.05, 0.1) is 5.75 Å². The predicted octanol–water partition coefficient (Wildman–Crippen LogP) is 3.22. The van der Waals surface area contributed by atoms with Gasteiger partial charge in [0.15, 0.2) is 0 Å². The van der Waals surface area contributed by atoms with Crippen LogP contribution in [-0.2, 0) is 21.4 Å². The fourth-order valence-corrected chi connectivity index (χ4v) is 5.13. The summed E-state index contributed by atoms with van der Waals surface area (Å²) >= 11 is 0. The molecule has 162 valence electrons. The smallest absolute Gasteiger partial charge is 0.238 e. The summed E-state index contributed by atoms with van der Waals surface area (Å²) in [4.78, 5) is 16.9. The number of benzene rings is 1. The molecule has 2 aromatic rings. The van der Waals surface area contributed by atoms with E-state index in [9.17, 15) is 17.6 Å². The number of pyridine rings is 1. The quantitative estimate of drug-likeness (QED) is 0.688. The number of piperidine rings is 1. The number of nitrogens with one attached hydrogen (secondary N) is 1. The van der Waals surface area contributed by atoms with Gasteiger partial charge in [-0.25, -0.2) is 17.8 Å². The Kier molecular flexibility index (Phi) is 7.38. The summed E-state index contributed by atoms with van der Waals surface area (Å²) in [6.45, 7) is 2.44. The van der Waals surface area contributed by atoms with Crippen LogP contribution in [0.15, 0.2) is 42.6 Å². The van der Waals surface area contributed by atoms with Crippen LogP contribution in [-0.4, -0.2) is 42.0 Å². The Bertz CT molecular complexity index is 949. The molecule has 0 spiro atoms. The molecule has 30 heavy (non-hydrogen) atoms. The summed E-state index contributed by atoms with van der Waals surface area (Å²) in [5, 5.41) is 2.82. The highest BCUT2D eigenvalue weighted by Gasteiger charge is 2.35. The standard InChI is InChI=1S/C21H26FN3O4S/c1-2-13-30(27,28)25-12-4-3-5-19(25)21(26)24-15-16-6-11-20(23-14-16)29-18-9-7-17(22)8-10-18/h6-11,14,19H,2-5,12-13,15H2,1H3,(H,24,26). The van der Waals surface area contributed by atoms with Crippen LogP contribution in [0.25, 0.3) is 0 Å². The molecule has 3 rings (SSSR count). The van der Waals surface area contributed by atoms with Gasteiger partial charge in [0.1, 0.15) is 17.6 Å². The summed E-state index contributed by atoms with van der Waals surface area (Å²) < 4.78 is 44.8. The van der Waals surface area contributed by atoms with Crippen molar-refractivity contribution in [2.24, 2.45) is 0 Å². The van der Waals surface area contributed by atoms with E-state index >= 15 is 0 Å². The van der Waals surface area contributed by atoms with Crippen molar-refractivity contribution in [1.82, 2.24) is 14.6 Å². The molecule has 1 aliphatic rings. The maximum absolute atomic E-state index is 12.9. The van der Waals surface area contributed by atoms with Crippen molar-refractivity contribution in [1.29, 1.82) is 0 Å². The average Bonchev–Trinajstić information content (AvgIpc) is 2.74. The van der Waals surface area contributed by atoms with E-state index in [1.54, 1.807) is 18.3 Å². The molecule has 1 N–H and O–H groups in total. The first-order valence-electron chi connectivity index (χ1n) is 10.0. The van der Waals surface area contributed by atoms with Gasteiger partial charge in [-0.15, -0.1) is 0 Å². The zero-order valence-corrected chi connectivity index (χ0v) is 17.7. The Balaban J connectivity index is 1.57. The van der Waals surface area contributed by atoms with E-state index in [2.05, 4.69) is 10.3 Å². The van der Waals surface area contributed by atoms with E-state index < -0.39 is 16.1 Å². The Morgan fingerprint density at radius 1 is 1.23 bits per heavy atom. The van der Waals surface area contributed by atoms with Crippen LogP contribution in [0.2, 0.25) is 0 Å². The highest BCUT2D eigenvalue weighted by molar-refractivity contribution is 7.89. The monoisotopic (exact) mass is 435 g/mol. The zero-order chi connectivity index (χ0) is 21.6. The van der Waals surface area contributed by atoms with Crippen LogP contribution in [0, 0.1) is 5.82 Å². The summed E-state index contributed by atoms with van der Waals surface area (Å²) in [6.07, 6.45) is 4.22. The molecule has 1 saturated heterocycles. The number of carbonyl (C=O) groups is 1. The van der Waals surface area contributed by atoms with Gasteiger partial charge >= 0.3 is 0 Å². The Morgan fingerprint density at radius 3 is 2.67 bits per heavy atom. The van der Waals surface area contributed by atoms with E-state index in [1.807, 2.05) is 6.92 Å². The first-order valence-corrected chi connectivity index (χ1v) is 11.7. The molecule has 0 radical (unpaired) electrons. The van der Waals surface area contributed by atoms with Gasteiger partial charge in [0.2, 0.25) is 21.8 Å². The molecular formula is C21H26FN3O4S. The molecule has 0 aliphatic carbocycles. The van der Waals surface area contributed by atoms with Crippen molar-refractivity contribution in [2.75, 3.05) is 12.3 Å². The number of halogens is 1. The second kappa shape index (κ2) is 9.99. The molecule has 1 aromatic heterocycles.